The molecule has 7 heteroatoms. The molecule has 2 aromatic carbocycles. The first-order valence-electron chi connectivity index (χ1n) is 7.25. The van der Waals surface area contributed by atoms with E-state index in [4.69, 9.17) is 14.7 Å². The minimum absolute atomic E-state index is 0.140. The zero-order chi connectivity index (χ0) is 17.4. The predicted octanol–water partition coefficient (Wildman–Crippen LogP) is 3.52. The van der Waals surface area contributed by atoms with E-state index < -0.39 is 0 Å². The number of carbonyl (C=O) groups is 1. The maximum Gasteiger partial charge on any atom is 0.262 e. The van der Waals surface area contributed by atoms with Crippen molar-refractivity contribution in [2.75, 3.05) is 18.5 Å². The quantitative estimate of drug-likeness (QED) is 0.299. The van der Waals surface area contributed by atoms with Gasteiger partial charge in [-0.3, -0.25) is 4.79 Å². The number of rotatable bonds is 7. The van der Waals surface area contributed by atoms with Gasteiger partial charge in [-0.2, -0.15) is 0 Å². The number of oxime groups is 1. The zero-order valence-corrected chi connectivity index (χ0v) is 15.2. The minimum Gasteiger partial charge on any atom is -0.490 e. The Balaban J connectivity index is 2.09. The molecule has 0 radical (unpaired) electrons. The van der Waals surface area contributed by atoms with Crippen molar-refractivity contribution in [3.8, 4) is 11.5 Å². The molecule has 0 bridgehead atoms. The summed E-state index contributed by atoms with van der Waals surface area (Å²) in [6.45, 7) is 2.16. The molecule has 0 fully saturated rings. The van der Waals surface area contributed by atoms with Gasteiger partial charge in [0.25, 0.3) is 5.91 Å². The first kappa shape index (κ1) is 18.1. The van der Waals surface area contributed by atoms with Crippen LogP contribution >= 0.6 is 22.6 Å². The molecule has 2 N–H and O–H groups in total. The number of ether oxygens (including phenoxy) is 2. The number of amides is 1. The van der Waals surface area contributed by atoms with Gasteiger partial charge in [0.05, 0.1) is 16.4 Å². The van der Waals surface area contributed by atoms with Crippen molar-refractivity contribution in [1.29, 1.82) is 0 Å². The molecule has 0 unspecified atom stereocenters. The Morgan fingerprint density at radius 3 is 2.71 bits per heavy atom. The Labute approximate surface area is 153 Å². The summed E-state index contributed by atoms with van der Waals surface area (Å²) in [6.07, 6.45) is 1.30. The fourth-order valence-electron chi connectivity index (χ4n) is 1.99. The van der Waals surface area contributed by atoms with Crippen LogP contribution in [0.25, 0.3) is 0 Å². The van der Waals surface area contributed by atoms with Crippen molar-refractivity contribution >= 4 is 40.4 Å². The van der Waals surface area contributed by atoms with Crippen LogP contribution in [-0.2, 0) is 4.79 Å². The molecule has 0 aliphatic carbocycles. The summed E-state index contributed by atoms with van der Waals surface area (Å²) in [7, 11) is 0. The second-order valence-corrected chi connectivity index (χ2v) is 5.87. The standard InChI is InChI=1S/C17H17IN2O4/c1-2-23-15-9-12(10-19-22)8-14(18)17(15)24-11-16(21)20-13-6-4-3-5-7-13/h3-10,22H,2,11H2,1H3,(H,20,21)/b19-10-. The molecule has 1 amide bonds. The van der Waals surface area contributed by atoms with E-state index in [0.29, 0.717) is 29.4 Å². The summed E-state index contributed by atoms with van der Waals surface area (Å²) in [6, 6.07) is 12.6. The number of hydrogen-bond acceptors (Lipinski definition) is 5. The highest BCUT2D eigenvalue weighted by Gasteiger charge is 2.14. The molecule has 0 aliphatic heterocycles. The van der Waals surface area contributed by atoms with Gasteiger partial charge < -0.3 is 20.0 Å². The van der Waals surface area contributed by atoms with Crippen molar-refractivity contribution in [3.05, 3.63) is 51.6 Å². The lowest BCUT2D eigenvalue weighted by Crippen LogP contribution is -2.20. The number of nitrogens with zero attached hydrogens (tertiary/aromatic N) is 1. The molecule has 2 rings (SSSR count). The van der Waals surface area contributed by atoms with Crippen LogP contribution in [0.4, 0.5) is 5.69 Å². The van der Waals surface area contributed by atoms with Gasteiger partial charge in [-0.25, -0.2) is 0 Å². The van der Waals surface area contributed by atoms with E-state index in [2.05, 4.69) is 33.1 Å². The highest BCUT2D eigenvalue weighted by Crippen LogP contribution is 2.34. The van der Waals surface area contributed by atoms with Crippen LogP contribution in [0, 0.1) is 3.57 Å². The number of hydrogen-bond donors (Lipinski definition) is 2. The first-order valence-corrected chi connectivity index (χ1v) is 8.33. The normalized spacial score (nSPS) is 10.6. The Bertz CT molecular complexity index is 720. The van der Waals surface area contributed by atoms with Gasteiger partial charge in [0.15, 0.2) is 18.1 Å². The van der Waals surface area contributed by atoms with Gasteiger partial charge in [0.2, 0.25) is 0 Å². The van der Waals surface area contributed by atoms with Crippen LogP contribution in [-0.4, -0.2) is 30.5 Å². The van der Waals surface area contributed by atoms with Crippen LogP contribution in [0.5, 0.6) is 11.5 Å². The molecular formula is C17H17IN2O4. The summed E-state index contributed by atoms with van der Waals surface area (Å²) in [5, 5.41) is 14.4. The Hall–Kier alpha value is -2.29. The Kier molecular flexibility index (Phi) is 6.86. The number of halogens is 1. The number of carbonyl (C=O) groups excluding carboxylic acids is 1. The minimum atomic E-state index is -0.263. The van der Waals surface area contributed by atoms with E-state index in [9.17, 15) is 4.79 Å². The van der Waals surface area contributed by atoms with Gasteiger partial charge >= 0.3 is 0 Å². The largest absolute Gasteiger partial charge is 0.490 e. The third kappa shape index (κ3) is 5.12. The summed E-state index contributed by atoms with van der Waals surface area (Å²) >= 11 is 2.08. The Morgan fingerprint density at radius 1 is 1.29 bits per heavy atom. The van der Waals surface area contributed by atoms with Crippen LogP contribution in [0.1, 0.15) is 12.5 Å². The topological polar surface area (TPSA) is 80.2 Å². The molecule has 126 valence electrons. The van der Waals surface area contributed by atoms with E-state index in [1.54, 1.807) is 24.3 Å². The van der Waals surface area contributed by atoms with Crippen molar-refractivity contribution < 1.29 is 19.5 Å². The molecule has 0 saturated heterocycles. The van der Waals surface area contributed by atoms with Crippen molar-refractivity contribution in [1.82, 2.24) is 0 Å². The fraction of sp³-hybridized carbons (Fsp3) is 0.176. The molecule has 0 spiro atoms. The van der Waals surface area contributed by atoms with Crippen LogP contribution in [0.15, 0.2) is 47.6 Å². The summed E-state index contributed by atoms with van der Waals surface area (Å²) < 4.78 is 11.9. The van der Waals surface area contributed by atoms with Gasteiger partial charge in [0.1, 0.15) is 0 Å². The average molecular weight is 440 g/mol. The summed E-state index contributed by atoms with van der Waals surface area (Å²) in [5.74, 6) is 0.711. The third-order valence-electron chi connectivity index (χ3n) is 2.94. The number of para-hydroxylation sites is 1. The maximum absolute atomic E-state index is 12.0. The molecule has 0 aliphatic rings. The smallest absolute Gasteiger partial charge is 0.262 e. The lowest BCUT2D eigenvalue weighted by Gasteiger charge is -2.14. The lowest BCUT2D eigenvalue weighted by molar-refractivity contribution is -0.118. The number of nitrogens with one attached hydrogen (secondary N) is 1. The van der Waals surface area contributed by atoms with Crippen molar-refractivity contribution in [2.45, 2.75) is 6.92 Å². The van der Waals surface area contributed by atoms with Crippen molar-refractivity contribution in [3.63, 3.8) is 0 Å². The number of anilines is 1. The summed E-state index contributed by atoms with van der Waals surface area (Å²) in [5.41, 5.74) is 1.38. The van der Waals surface area contributed by atoms with Crippen molar-refractivity contribution in [2.24, 2.45) is 5.16 Å². The van der Waals surface area contributed by atoms with Gasteiger partial charge in [0, 0.05) is 11.3 Å². The van der Waals surface area contributed by atoms with E-state index in [1.807, 2.05) is 25.1 Å². The molecule has 0 aromatic heterocycles. The highest BCUT2D eigenvalue weighted by molar-refractivity contribution is 14.1. The fourth-order valence-corrected chi connectivity index (χ4v) is 2.77. The lowest BCUT2D eigenvalue weighted by atomic mass is 10.2. The van der Waals surface area contributed by atoms with Gasteiger partial charge in [-0.05, 0) is 53.8 Å². The SMILES string of the molecule is CCOc1cc(/C=N\O)cc(I)c1OCC(=O)Nc1ccccc1. The molecule has 24 heavy (non-hydrogen) atoms. The first-order chi connectivity index (χ1) is 11.6. The second kappa shape index (κ2) is 9.11. The van der Waals surface area contributed by atoms with E-state index in [-0.39, 0.29) is 12.5 Å². The maximum atomic E-state index is 12.0. The van der Waals surface area contributed by atoms with Crippen LogP contribution in [0.3, 0.4) is 0 Å². The molecule has 2 aromatic rings. The highest BCUT2D eigenvalue weighted by atomic mass is 127. The summed E-state index contributed by atoms with van der Waals surface area (Å²) in [4.78, 5) is 12.0. The molecule has 6 nitrogen and oxygen atoms in total. The zero-order valence-electron chi connectivity index (χ0n) is 13.0. The van der Waals surface area contributed by atoms with E-state index in [0.717, 1.165) is 3.57 Å². The predicted molar refractivity (Wildman–Crippen MR) is 100 cm³/mol. The average Bonchev–Trinajstić information content (AvgIpc) is 2.55. The molecular weight excluding hydrogens is 423 g/mol. The van der Waals surface area contributed by atoms with E-state index in [1.165, 1.54) is 6.21 Å². The molecule has 0 atom stereocenters. The van der Waals surface area contributed by atoms with Gasteiger partial charge in [-0.15, -0.1) is 0 Å². The van der Waals surface area contributed by atoms with Gasteiger partial charge in [-0.1, -0.05) is 23.4 Å². The Morgan fingerprint density at radius 2 is 2.04 bits per heavy atom. The second-order valence-electron chi connectivity index (χ2n) is 4.71. The monoisotopic (exact) mass is 440 g/mol. The molecule has 0 saturated carbocycles. The third-order valence-corrected chi connectivity index (χ3v) is 3.74. The number of benzene rings is 2. The molecule has 0 heterocycles. The van der Waals surface area contributed by atoms with Crippen LogP contribution < -0.4 is 14.8 Å². The van der Waals surface area contributed by atoms with E-state index >= 15 is 0 Å². The van der Waals surface area contributed by atoms with Crippen LogP contribution in [0.2, 0.25) is 0 Å².